The fraction of sp³-hybridized carbons (Fsp3) is 0.520. The van der Waals surface area contributed by atoms with E-state index >= 15 is 0 Å². The van der Waals surface area contributed by atoms with Gasteiger partial charge in [0, 0.05) is 12.6 Å². The smallest absolute Gasteiger partial charge is 0.157 e. The molecule has 2 atom stereocenters. The van der Waals surface area contributed by atoms with Gasteiger partial charge in [-0.05, 0) is 60.6 Å². The summed E-state index contributed by atoms with van der Waals surface area (Å²) >= 11 is 0. The number of aliphatic hydroxyl groups excluding tert-OH is 1. The first-order valence-electron chi connectivity index (χ1n) is 10.8. The number of ether oxygens (including phenoxy) is 1. The third-order valence-corrected chi connectivity index (χ3v) is 5.31. The predicted molar refractivity (Wildman–Crippen MR) is 121 cm³/mol. The monoisotopic (exact) mass is 415 g/mol. The van der Waals surface area contributed by atoms with Crippen LogP contribution < -0.4 is 10.1 Å². The molecular weight excluding hydrogens is 378 g/mol. The first-order valence-corrected chi connectivity index (χ1v) is 10.8. The number of hydrogen-bond donors (Lipinski definition) is 4. The van der Waals surface area contributed by atoms with Crippen LogP contribution in [0, 0.1) is 0 Å². The van der Waals surface area contributed by atoms with Crippen molar-refractivity contribution in [3.63, 3.8) is 0 Å². The van der Waals surface area contributed by atoms with Crippen molar-refractivity contribution in [2.75, 3.05) is 13.2 Å². The van der Waals surface area contributed by atoms with Crippen LogP contribution in [0.15, 0.2) is 42.5 Å². The van der Waals surface area contributed by atoms with E-state index in [0.29, 0.717) is 12.1 Å². The number of unbranched alkanes of at least 4 members (excludes halogenated alkanes) is 2. The minimum atomic E-state index is -0.725. The van der Waals surface area contributed by atoms with Crippen LogP contribution >= 0.6 is 0 Å². The quantitative estimate of drug-likeness (QED) is 0.305. The maximum Gasteiger partial charge on any atom is 0.157 e. The number of hydrogen-bond acceptors (Lipinski definition) is 5. The molecule has 30 heavy (non-hydrogen) atoms. The van der Waals surface area contributed by atoms with Crippen molar-refractivity contribution in [3.8, 4) is 17.2 Å². The zero-order chi connectivity index (χ0) is 22.1. The molecule has 2 aromatic carbocycles. The molecule has 2 rings (SSSR count). The molecule has 0 radical (unpaired) electrons. The lowest BCUT2D eigenvalue weighted by Crippen LogP contribution is -2.30. The molecule has 0 fully saturated rings. The second-order valence-corrected chi connectivity index (χ2v) is 9.05. The molecule has 4 N–H and O–H groups in total. The molecular formula is C25H37NO4. The first-order chi connectivity index (χ1) is 14.2. The number of aromatic hydroxyl groups is 2. The van der Waals surface area contributed by atoms with Crippen molar-refractivity contribution in [3.05, 3.63) is 53.6 Å². The molecule has 5 nitrogen and oxygen atoms in total. The molecule has 0 aliphatic heterocycles. The summed E-state index contributed by atoms with van der Waals surface area (Å²) in [5.74, 6) is 0.525. The van der Waals surface area contributed by atoms with Crippen LogP contribution in [-0.2, 0) is 5.41 Å². The zero-order valence-electron chi connectivity index (χ0n) is 18.7. The Morgan fingerprint density at radius 2 is 1.63 bits per heavy atom. The number of rotatable bonds is 11. The second-order valence-electron chi connectivity index (χ2n) is 9.05. The fourth-order valence-corrected chi connectivity index (χ4v) is 3.25. The molecule has 0 spiro atoms. The lowest BCUT2D eigenvalue weighted by atomic mass is 9.87. The van der Waals surface area contributed by atoms with Crippen LogP contribution in [0.5, 0.6) is 17.2 Å². The maximum atomic E-state index is 10.2. The van der Waals surface area contributed by atoms with Gasteiger partial charge in [-0.15, -0.1) is 0 Å². The molecule has 0 heterocycles. The van der Waals surface area contributed by atoms with Gasteiger partial charge in [0.05, 0.1) is 12.7 Å². The van der Waals surface area contributed by atoms with Gasteiger partial charge in [0.1, 0.15) is 5.75 Å². The molecule has 0 saturated heterocycles. The Hall–Kier alpha value is -2.24. The number of benzene rings is 2. The lowest BCUT2D eigenvalue weighted by molar-refractivity contribution is 0.169. The van der Waals surface area contributed by atoms with Gasteiger partial charge < -0.3 is 25.4 Å². The van der Waals surface area contributed by atoms with Gasteiger partial charge in [-0.25, -0.2) is 0 Å². The van der Waals surface area contributed by atoms with Crippen LogP contribution in [0.2, 0.25) is 0 Å². The van der Waals surface area contributed by atoms with Crippen LogP contribution in [0.25, 0.3) is 0 Å². The highest BCUT2D eigenvalue weighted by atomic mass is 16.5. The van der Waals surface area contributed by atoms with Crippen LogP contribution in [0.1, 0.15) is 70.6 Å². The maximum absolute atomic E-state index is 10.2. The minimum absolute atomic E-state index is 0.158. The van der Waals surface area contributed by atoms with Crippen LogP contribution in [0.3, 0.4) is 0 Å². The van der Waals surface area contributed by atoms with E-state index in [1.165, 1.54) is 17.7 Å². The summed E-state index contributed by atoms with van der Waals surface area (Å²) in [5.41, 5.74) is 2.05. The second kappa shape index (κ2) is 11.2. The van der Waals surface area contributed by atoms with Gasteiger partial charge in [0.2, 0.25) is 0 Å². The fourth-order valence-electron chi connectivity index (χ4n) is 3.25. The normalized spacial score (nSPS) is 13.8. The highest BCUT2D eigenvalue weighted by Crippen LogP contribution is 2.27. The van der Waals surface area contributed by atoms with Gasteiger partial charge in [-0.3, -0.25) is 0 Å². The molecule has 0 aromatic heterocycles. The zero-order valence-corrected chi connectivity index (χ0v) is 18.7. The summed E-state index contributed by atoms with van der Waals surface area (Å²) in [4.78, 5) is 0. The molecule has 2 unspecified atom stereocenters. The Bertz CT molecular complexity index is 768. The average molecular weight is 416 g/mol. The molecule has 0 bridgehead atoms. The van der Waals surface area contributed by atoms with E-state index in [1.807, 2.05) is 12.1 Å². The van der Waals surface area contributed by atoms with Gasteiger partial charge in [0.25, 0.3) is 0 Å². The minimum Gasteiger partial charge on any atom is -0.504 e. The largest absolute Gasteiger partial charge is 0.504 e. The van der Waals surface area contributed by atoms with Crippen molar-refractivity contribution >= 4 is 0 Å². The van der Waals surface area contributed by atoms with Crippen molar-refractivity contribution in [1.29, 1.82) is 0 Å². The summed E-state index contributed by atoms with van der Waals surface area (Å²) in [6.45, 7) is 9.85. The number of aliphatic hydroxyl groups is 1. The molecule has 0 saturated carbocycles. The Balaban J connectivity index is 1.57. The number of phenolic OH excluding ortho intramolecular Hbond substituents is 2. The van der Waals surface area contributed by atoms with Crippen LogP contribution in [0.4, 0.5) is 0 Å². The number of nitrogens with one attached hydrogen (secondary N) is 1. The highest BCUT2D eigenvalue weighted by Gasteiger charge is 2.13. The Morgan fingerprint density at radius 1 is 0.933 bits per heavy atom. The highest BCUT2D eigenvalue weighted by molar-refractivity contribution is 5.41. The third-order valence-electron chi connectivity index (χ3n) is 5.31. The summed E-state index contributed by atoms with van der Waals surface area (Å²) in [7, 11) is 0. The van der Waals surface area contributed by atoms with Crippen molar-refractivity contribution < 1.29 is 20.1 Å². The first kappa shape index (κ1) is 24.0. The van der Waals surface area contributed by atoms with E-state index in [0.717, 1.165) is 38.0 Å². The molecule has 0 aliphatic rings. The lowest BCUT2D eigenvalue weighted by Gasteiger charge is -2.19. The summed E-state index contributed by atoms with van der Waals surface area (Å²) < 4.78 is 5.84. The molecule has 2 aromatic rings. The van der Waals surface area contributed by atoms with Gasteiger partial charge >= 0.3 is 0 Å². The average Bonchev–Trinajstić information content (AvgIpc) is 2.70. The summed E-state index contributed by atoms with van der Waals surface area (Å²) in [6.07, 6.45) is 3.51. The Kier molecular flexibility index (Phi) is 9.00. The summed E-state index contributed by atoms with van der Waals surface area (Å²) in [6, 6.07) is 13.0. The van der Waals surface area contributed by atoms with E-state index in [4.69, 9.17) is 4.74 Å². The van der Waals surface area contributed by atoms with E-state index < -0.39 is 6.10 Å². The van der Waals surface area contributed by atoms with Gasteiger partial charge in [-0.1, -0.05) is 51.8 Å². The van der Waals surface area contributed by atoms with E-state index in [1.54, 1.807) is 6.07 Å². The van der Waals surface area contributed by atoms with E-state index in [-0.39, 0.29) is 23.0 Å². The van der Waals surface area contributed by atoms with Gasteiger partial charge in [-0.2, -0.15) is 0 Å². The predicted octanol–water partition coefficient (Wildman–Crippen LogP) is 5.05. The summed E-state index contributed by atoms with van der Waals surface area (Å²) in [5, 5.41) is 32.4. The van der Waals surface area contributed by atoms with Crippen LogP contribution in [-0.4, -0.2) is 34.5 Å². The Morgan fingerprint density at radius 3 is 2.27 bits per heavy atom. The Labute approximate surface area is 180 Å². The van der Waals surface area contributed by atoms with E-state index in [9.17, 15) is 15.3 Å². The molecule has 0 aliphatic carbocycles. The number of phenols is 2. The standard InChI is InChI=1S/C25H37NO4/c1-18(26-17-24(29)19-9-14-22(27)23(28)16-19)8-6-5-7-15-30-21-12-10-20(11-13-21)25(2,3)4/h9-14,16,18,24,26-29H,5-8,15,17H2,1-4H3. The topological polar surface area (TPSA) is 82.0 Å². The van der Waals surface area contributed by atoms with E-state index in [2.05, 4.69) is 45.1 Å². The molecule has 5 heteroatoms. The SMILES string of the molecule is CC(CCCCCOc1ccc(C(C)(C)C)cc1)NCC(O)c1ccc(O)c(O)c1. The molecule has 0 amide bonds. The third kappa shape index (κ3) is 7.88. The molecule has 166 valence electrons. The van der Waals surface area contributed by atoms with Crippen molar-refractivity contribution in [1.82, 2.24) is 5.32 Å². The van der Waals surface area contributed by atoms with Crippen molar-refractivity contribution in [2.24, 2.45) is 0 Å². The van der Waals surface area contributed by atoms with Crippen molar-refractivity contribution in [2.45, 2.75) is 70.9 Å². The van der Waals surface area contributed by atoms with Gasteiger partial charge in [0.15, 0.2) is 11.5 Å².